The molecule has 1 aliphatic rings. The van der Waals surface area contributed by atoms with E-state index in [2.05, 4.69) is 50.3 Å². The van der Waals surface area contributed by atoms with Gasteiger partial charge in [-0.15, -0.1) is 0 Å². The van der Waals surface area contributed by atoms with Gasteiger partial charge in [-0.05, 0) is 37.2 Å². The van der Waals surface area contributed by atoms with E-state index in [0.29, 0.717) is 0 Å². The summed E-state index contributed by atoms with van der Waals surface area (Å²) < 4.78 is 5.49. The van der Waals surface area contributed by atoms with Gasteiger partial charge in [-0.3, -0.25) is 14.9 Å². The van der Waals surface area contributed by atoms with Crippen LogP contribution in [0.1, 0.15) is 17.7 Å². The minimum Gasteiger partial charge on any atom is -0.468 e. The third-order valence-corrected chi connectivity index (χ3v) is 4.81. The summed E-state index contributed by atoms with van der Waals surface area (Å²) in [6, 6.07) is 14.5. The molecule has 1 N–H and O–H groups in total. The Morgan fingerprint density at radius 1 is 0.920 bits per heavy atom. The molecule has 3 heterocycles. The second kappa shape index (κ2) is 7.68. The van der Waals surface area contributed by atoms with Crippen LogP contribution in [0.4, 0.5) is 0 Å². The van der Waals surface area contributed by atoms with Gasteiger partial charge in [0.15, 0.2) is 0 Å². The van der Waals surface area contributed by atoms with Crippen LogP contribution in [0, 0.1) is 0 Å². The molecular weight excluding hydrogens is 312 g/mol. The number of benzene rings is 1. The van der Waals surface area contributed by atoms with Crippen LogP contribution in [-0.2, 0) is 13.1 Å². The first-order chi connectivity index (χ1) is 12.4. The molecule has 2 aromatic heterocycles. The standard InChI is InChI=1S/C20H24N4O/c1-2-6-17(7-3-1)20-18(14-21-22-20)15-23-9-5-10-24(12-11-23)16-19-8-4-13-25-19/h1-4,6-8,13-14H,5,9-12,15-16H2,(H,21,22). The highest BCUT2D eigenvalue weighted by atomic mass is 16.3. The molecule has 0 bridgehead atoms. The molecule has 0 saturated carbocycles. The fraction of sp³-hybridized carbons (Fsp3) is 0.350. The molecule has 0 amide bonds. The molecule has 1 aromatic carbocycles. The highest BCUT2D eigenvalue weighted by Crippen LogP contribution is 2.22. The molecule has 130 valence electrons. The maximum Gasteiger partial charge on any atom is 0.117 e. The van der Waals surface area contributed by atoms with E-state index in [1.165, 1.54) is 17.5 Å². The first kappa shape index (κ1) is 16.1. The second-order valence-corrected chi connectivity index (χ2v) is 6.62. The smallest absolute Gasteiger partial charge is 0.117 e. The summed E-state index contributed by atoms with van der Waals surface area (Å²) >= 11 is 0. The van der Waals surface area contributed by atoms with Gasteiger partial charge in [0, 0.05) is 25.2 Å². The summed E-state index contributed by atoms with van der Waals surface area (Å²) in [5, 5.41) is 7.44. The number of H-pyrrole nitrogens is 1. The van der Waals surface area contributed by atoms with E-state index in [1.807, 2.05) is 18.3 Å². The van der Waals surface area contributed by atoms with Crippen LogP contribution < -0.4 is 0 Å². The van der Waals surface area contributed by atoms with Crippen LogP contribution in [0.5, 0.6) is 0 Å². The molecule has 0 radical (unpaired) electrons. The predicted molar refractivity (Wildman–Crippen MR) is 97.9 cm³/mol. The summed E-state index contributed by atoms with van der Waals surface area (Å²) in [5.74, 6) is 1.05. The Labute approximate surface area is 148 Å². The highest BCUT2D eigenvalue weighted by molar-refractivity contribution is 5.62. The van der Waals surface area contributed by atoms with Crippen molar-refractivity contribution in [1.29, 1.82) is 0 Å². The SMILES string of the molecule is c1ccc(-c2[nH]ncc2CN2CCCN(Cc3ccco3)CC2)cc1. The lowest BCUT2D eigenvalue weighted by molar-refractivity contribution is 0.234. The summed E-state index contributed by atoms with van der Waals surface area (Å²) in [6.07, 6.45) is 4.90. The van der Waals surface area contributed by atoms with Gasteiger partial charge in [0.05, 0.1) is 24.7 Å². The average Bonchev–Trinajstić information content (AvgIpc) is 3.26. The van der Waals surface area contributed by atoms with E-state index in [0.717, 1.165) is 50.7 Å². The number of nitrogens with zero attached hydrogens (tertiary/aromatic N) is 3. The molecule has 1 saturated heterocycles. The number of aromatic nitrogens is 2. The first-order valence-electron chi connectivity index (χ1n) is 8.93. The van der Waals surface area contributed by atoms with Crippen molar-refractivity contribution in [1.82, 2.24) is 20.0 Å². The maximum absolute atomic E-state index is 5.49. The molecule has 0 aliphatic carbocycles. The zero-order chi connectivity index (χ0) is 16.9. The van der Waals surface area contributed by atoms with Gasteiger partial charge in [0.25, 0.3) is 0 Å². The number of aromatic amines is 1. The quantitative estimate of drug-likeness (QED) is 0.776. The van der Waals surface area contributed by atoms with Gasteiger partial charge in [0.1, 0.15) is 5.76 Å². The fourth-order valence-corrected chi connectivity index (χ4v) is 3.49. The number of hydrogen-bond donors (Lipinski definition) is 1. The van der Waals surface area contributed by atoms with Crippen LogP contribution in [0.3, 0.4) is 0 Å². The van der Waals surface area contributed by atoms with Crippen molar-refractivity contribution < 1.29 is 4.42 Å². The van der Waals surface area contributed by atoms with Crippen LogP contribution in [0.15, 0.2) is 59.3 Å². The number of hydrogen-bond acceptors (Lipinski definition) is 4. The molecule has 0 spiro atoms. The van der Waals surface area contributed by atoms with Crippen LogP contribution >= 0.6 is 0 Å². The van der Waals surface area contributed by atoms with E-state index in [1.54, 1.807) is 6.26 Å². The fourth-order valence-electron chi connectivity index (χ4n) is 3.49. The minimum absolute atomic E-state index is 0.905. The number of furan rings is 1. The molecule has 25 heavy (non-hydrogen) atoms. The summed E-state index contributed by atoms with van der Waals surface area (Å²) in [7, 11) is 0. The van der Waals surface area contributed by atoms with Crippen LogP contribution in [-0.4, -0.2) is 46.2 Å². The average molecular weight is 336 g/mol. The van der Waals surface area contributed by atoms with Crippen molar-refractivity contribution >= 4 is 0 Å². The third kappa shape index (κ3) is 4.00. The third-order valence-electron chi connectivity index (χ3n) is 4.81. The lowest BCUT2D eigenvalue weighted by Crippen LogP contribution is -2.30. The van der Waals surface area contributed by atoms with Crippen molar-refractivity contribution in [2.24, 2.45) is 0 Å². The van der Waals surface area contributed by atoms with Crippen molar-refractivity contribution in [2.75, 3.05) is 26.2 Å². The molecule has 5 nitrogen and oxygen atoms in total. The zero-order valence-electron chi connectivity index (χ0n) is 14.4. The summed E-state index contributed by atoms with van der Waals surface area (Å²) in [6.45, 7) is 6.22. The molecule has 0 unspecified atom stereocenters. The van der Waals surface area contributed by atoms with Crippen molar-refractivity contribution in [3.05, 3.63) is 66.2 Å². The monoisotopic (exact) mass is 336 g/mol. The Kier molecular flexibility index (Phi) is 4.95. The normalized spacial score (nSPS) is 16.8. The molecule has 4 rings (SSSR count). The van der Waals surface area contributed by atoms with E-state index >= 15 is 0 Å². The zero-order valence-corrected chi connectivity index (χ0v) is 14.4. The van der Waals surface area contributed by atoms with E-state index < -0.39 is 0 Å². The number of nitrogens with one attached hydrogen (secondary N) is 1. The predicted octanol–water partition coefficient (Wildman–Crippen LogP) is 3.38. The maximum atomic E-state index is 5.49. The Bertz CT molecular complexity index is 766. The van der Waals surface area contributed by atoms with Gasteiger partial charge >= 0.3 is 0 Å². The lowest BCUT2D eigenvalue weighted by Gasteiger charge is -2.21. The molecule has 0 atom stereocenters. The minimum atomic E-state index is 0.905. The lowest BCUT2D eigenvalue weighted by atomic mass is 10.1. The van der Waals surface area contributed by atoms with Gasteiger partial charge in [0.2, 0.25) is 0 Å². The van der Waals surface area contributed by atoms with E-state index in [4.69, 9.17) is 4.42 Å². The largest absolute Gasteiger partial charge is 0.468 e. The molecule has 1 aliphatic heterocycles. The van der Waals surface area contributed by atoms with Crippen molar-refractivity contribution in [2.45, 2.75) is 19.5 Å². The Hall–Kier alpha value is -2.37. The number of rotatable bonds is 5. The first-order valence-corrected chi connectivity index (χ1v) is 8.93. The molecule has 5 heteroatoms. The Morgan fingerprint density at radius 3 is 2.48 bits per heavy atom. The summed E-state index contributed by atoms with van der Waals surface area (Å²) in [5.41, 5.74) is 3.60. The second-order valence-electron chi connectivity index (χ2n) is 6.62. The van der Waals surface area contributed by atoms with Crippen LogP contribution in [0.25, 0.3) is 11.3 Å². The van der Waals surface area contributed by atoms with Crippen LogP contribution in [0.2, 0.25) is 0 Å². The van der Waals surface area contributed by atoms with Gasteiger partial charge in [-0.2, -0.15) is 5.10 Å². The Balaban J connectivity index is 1.38. The highest BCUT2D eigenvalue weighted by Gasteiger charge is 2.18. The van der Waals surface area contributed by atoms with Gasteiger partial charge < -0.3 is 4.42 Å². The van der Waals surface area contributed by atoms with E-state index in [9.17, 15) is 0 Å². The van der Waals surface area contributed by atoms with Crippen molar-refractivity contribution in [3.8, 4) is 11.3 Å². The molecule has 1 fully saturated rings. The van der Waals surface area contributed by atoms with Gasteiger partial charge in [-0.25, -0.2) is 0 Å². The Morgan fingerprint density at radius 2 is 1.72 bits per heavy atom. The molecular formula is C20H24N4O. The molecule has 3 aromatic rings. The summed E-state index contributed by atoms with van der Waals surface area (Å²) in [4.78, 5) is 5.01. The topological polar surface area (TPSA) is 48.3 Å². The van der Waals surface area contributed by atoms with Gasteiger partial charge in [-0.1, -0.05) is 30.3 Å². The van der Waals surface area contributed by atoms with E-state index in [-0.39, 0.29) is 0 Å². The van der Waals surface area contributed by atoms with Crippen molar-refractivity contribution in [3.63, 3.8) is 0 Å².